The maximum atomic E-state index is 13.9. The smallest absolute Gasteiger partial charge is 0.255 e. The number of aliphatic hydroxyl groups is 3. The van der Waals surface area contributed by atoms with Crippen molar-refractivity contribution in [1.29, 1.82) is 0 Å². The van der Waals surface area contributed by atoms with Crippen LogP contribution in [-0.4, -0.2) is 75.6 Å². The molecule has 3 aliphatic rings. The van der Waals surface area contributed by atoms with Gasteiger partial charge in [0.15, 0.2) is 11.4 Å². The van der Waals surface area contributed by atoms with Crippen LogP contribution in [0.25, 0.3) is 0 Å². The number of primary amides is 1. The van der Waals surface area contributed by atoms with Crippen LogP contribution in [0.2, 0.25) is 0 Å². The highest BCUT2D eigenvalue weighted by atomic mass is 16.3. The van der Waals surface area contributed by atoms with Crippen LogP contribution in [0.15, 0.2) is 28.7 Å². The average Bonchev–Trinajstić information content (AvgIpc) is 2.82. The van der Waals surface area contributed by atoms with Crippen molar-refractivity contribution in [2.45, 2.75) is 65.5 Å². The highest BCUT2D eigenvalue weighted by Gasteiger charge is 2.59. The summed E-state index contributed by atoms with van der Waals surface area (Å²) in [6, 6.07) is 1.59. The summed E-state index contributed by atoms with van der Waals surface area (Å²) in [5, 5.41) is 44.2. The van der Waals surface area contributed by atoms with Crippen LogP contribution in [0.5, 0.6) is 5.75 Å². The van der Waals surface area contributed by atoms with Gasteiger partial charge < -0.3 is 31.1 Å². The number of aliphatic hydroxyl groups excluding tert-OH is 2. The van der Waals surface area contributed by atoms with Crippen LogP contribution in [0, 0.1) is 17.3 Å². The molecule has 6 N–H and O–H groups in total. The van der Waals surface area contributed by atoms with Gasteiger partial charge in [-0.15, -0.1) is 0 Å². The summed E-state index contributed by atoms with van der Waals surface area (Å²) < 4.78 is 0. The number of carbonyl (C=O) groups is 3. The van der Waals surface area contributed by atoms with Gasteiger partial charge in [-0.05, 0) is 60.9 Å². The number of hydrogen-bond donors (Lipinski definition) is 5. The number of nitrogens with zero attached hydrogens (tertiary/aromatic N) is 2. The second-order valence-electron chi connectivity index (χ2n) is 12.7. The topological polar surface area (TPSA) is 165 Å². The Morgan fingerprint density at radius 1 is 1.15 bits per heavy atom. The third kappa shape index (κ3) is 4.77. The maximum Gasteiger partial charge on any atom is 0.255 e. The van der Waals surface area contributed by atoms with E-state index in [2.05, 4.69) is 32.6 Å². The zero-order chi connectivity index (χ0) is 29.9. The summed E-state index contributed by atoms with van der Waals surface area (Å²) in [6.07, 6.45) is 1.12. The largest absolute Gasteiger partial charge is 0.511 e. The predicted molar refractivity (Wildman–Crippen MR) is 150 cm³/mol. The second kappa shape index (κ2) is 10.2. The van der Waals surface area contributed by atoms with E-state index in [1.807, 2.05) is 19.0 Å². The highest BCUT2D eigenvalue weighted by Crippen LogP contribution is 2.52. The quantitative estimate of drug-likeness (QED) is 0.318. The lowest BCUT2D eigenvalue weighted by molar-refractivity contribution is -0.144. The molecule has 0 fully saturated rings. The van der Waals surface area contributed by atoms with Crippen LogP contribution in [0.4, 0.5) is 5.69 Å². The van der Waals surface area contributed by atoms with Crippen LogP contribution < -0.4 is 10.6 Å². The molecule has 0 radical (unpaired) electrons. The molecule has 1 aromatic carbocycles. The van der Waals surface area contributed by atoms with Gasteiger partial charge in [-0.25, -0.2) is 0 Å². The van der Waals surface area contributed by atoms with Gasteiger partial charge in [0, 0.05) is 44.2 Å². The first-order valence-corrected chi connectivity index (χ1v) is 13.8. The first-order valence-electron chi connectivity index (χ1n) is 13.8. The lowest BCUT2D eigenvalue weighted by Crippen LogP contribution is -2.57. The number of amides is 1. The van der Waals surface area contributed by atoms with Crippen molar-refractivity contribution in [3.05, 3.63) is 45.4 Å². The number of hydrogen-bond acceptors (Lipinski definition) is 9. The summed E-state index contributed by atoms with van der Waals surface area (Å²) >= 11 is 0. The molecule has 0 aromatic heterocycles. The third-order valence-electron chi connectivity index (χ3n) is 8.58. The number of aromatic hydroxyl groups is 1. The molecule has 40 heavy (non-hydrogen) atoms. The molecule has 0 spiro atoms. The Kier molecular flexibility index (Phi) is 7.57. The Hall–Kier alpha value is -3.37. The Labute approximate surface area is 234 Å². The van der Waals surface area contributed by atoms with Crippen molar-refractivity contribution in [2.75, 3.05) is 32.1 Å². The minimum absolute atomic E-state index is 0.0295. The highest BCUT2D eigenvalue weighted by molar-refractivity contribution is 6.24. The van der Waals surface area contributed by atoms with Gasteiger partial charge >= 0.3 is 0 Å². The number of phenolic OH excluding ortho intramolecular Hbond substituents is 1. The van der Waals surface area contributed by atoms with Crippen molar-refractivity contribution in [3.8, 4) is 5.75 Å². The van der Waals surface area contributed by atoms with Crippen molar-refractivity contribution in [3.63, 3.8) is 0 Å². The van der Waals surface area contributed by atoms with E-state index in [0.717, 1.165) is 30.8 Å². The van der Waals surface area contributed by atoms with Crippen molar-refractivity contribution in [1.82, 2.24) is 4.90 Å². The number of allylic oxidation sites excluding steroid dienone is 2. The molecule has 218 valence electrons. The molecule has 10 heteroatoms. The molecule has 1 aromatic rings. The SMILES string of the molecule is CCN(CCC(C)(C)C)Cc1cc(O)c2c(c1N(C)C)CC1C[C@H]3CC(O)=C(C(N)=O)C(=O)[C@@]3(O)C(O)=C1C2=O. The lowest BCUT2D eigenvalue weighted by Gasteiger charge is -2.46. The Balaban J connectivity index is 1.81. The molecule has 3 atom stereocenters. The standard InChI is InChI=1S/C30H41N3O7/c1-7-33(9-8-29(2,3)4)14-16-12-19(34)22-18(24(16)32(5)6)11-15-10-17-13-20(35)23(28(31)39)27(38)30(17,40)26(37)21(15)25(22)36/h12,15,17,34-35,37,40H,7-11,13-14H2,1-6H3,(H2,31,39)/t15?,17-,30-/m0/s1. The van der Waals surface area contributed by atoms with E-state index in [1.54, 1.807) is 6.07 Å². The maximum absolute atomic E-state index is 13.9. The van der Waals surface area contributed by atoms with E-state index in [9.17, 15) is 34.8 Å². The summed E-state index contributed by atoms with van der Waals surface area (Å²) in [7, 11) is 3.75. The van der Waals surface area contributed by atoms with Gasteiger partial charge in [0.2, 0.25) is 5.78 Å². The van der Waals surface area contributed by atoms with Crippen molar-refractivity contribution in [2.24, 2.45) is 23.0 Å². The summed E-state index contributed by atoms with van der Waals surface area (Å²) in [6.45, 7) is 10.9. The number of nitrogens with two attached hydrogens (primary N) is 1. The Morgan fingerprint density at radius 2 is 1.80 bits per heavy atom. The molecular formula is C30H41N3O7. The minimum atomic E-state index is -2.57. The Bertz CT molecular complexity index is 1340. The molecule has 3 aliphatic carbocycles. The number of fused-ring (bicyclic) bond motifs is 3. The van der Waals surface area contributed by atoms with Gasteiger partial charge in [0.25, 0.3) is 5.91 Å². The third-order valence-corrected chi connectivity index (χ3v) is 8.58. The van der Waals surface area contributed by atoms with Gasteiger partial charge in [0.05, 0.1) is 5.56 Å². The normalized spacial score (nSPS) is 24.7. The number of phenols is 1. The Morgan fingerprint density at radius 3 is 2.35 bits per heavy atom. The summed E-state index contributed by atoms with van der Waals surface area (Å²) in [5.74, 6) is -6.25. The molecule has 0 bridgehead atoms. The van der Waals surface area contributed by atoms with Crippen LogP contribution >= 0.6 is 0 Å². The van der Waals surface area contributed by atoms with E-state index in [1.165, 1.54) is 0 Å². The van der Waals surface area contributed by atoms with E-state index in [-0.39, 0.29) is 41.6 Å². The van der Waals surface area contributed by atoms with Crippen LogP contribution in [0.3, 0.4) is 0 Å². The molecule has 0 saturated carbocycles. The zero-order valence-electron chi connectivity index (χ0n) is 24.2. The van der Waals surface area contributed by atoms with Crippen molar-refractivity contribution >= 4 is 23.2 Å². The second-order valence-corrected chi connectivity index (χ2v) is 12.7. The molecular weight excluding hydrogens is 514 g/mol. The van der Waals surface area contributed by atoms with Gasteiger partial charge in [-0.2, -0.15) is 0 Å². The molecule has 10 nitrogen and oxygen atoms in total. The van der Waals surface area contributed by atoms with Gasteiger partial charge in [-0.3, -0.25) is 19.3 Å². The predicted octanol–water partition coefficient (Wildman–Crippen LogP) is 2.90. The molecule has 1 unspecified atom stereocenters. The van der Waals surface area contributed by atoms with E-state index >= 15 is 0 Å². The number of carbonyl (C=O) groups excluding carboxylic acids is 3. The fraction of sp³-hybridized carbons (Fsp3) is 0.567. The average molecular weight is 556 g/mol. The summed E-state index contributed by atoms with van der Waals surface area (Å²) in [5.41, 5.74) is 4.29. The van der Waals surface area contributed by atoms with E-state index in [0.29, 0.717) is 12.1 Å². The number of anilines is 1. The van der Waals surface area contributed by atoms with Crippen molar-refractivity contribution < 1.29 is 34.8 Å². The monoisotopic (exact) mass is 555 g/mol. The number of rotatable bonds is 7. The molecule has 4 rings (SSSR count). The first-order chi connectivity index (χ1) is 18.5. The number of Topliss-reactive ketones (excluding diaryl/α,β-unsaturated/α-hetero) is 2. The molecule has 0 saturated heterocycles. The summed E-state index contributed by atoms with van der Waals surface area (Å²) in [4.78, 5) is 43.1. The molecule has 0 heterocycles. The fourth-order valence-corrected chi connectivity index (χ4v) is 6.50. The van der Waals surface area contributed by atoms with Crippen LogP contribution in [0.1, 0.15) is 68.4 Å². The number of benzene rings is 1. The molecule has 1 amide bonds. The lowest BCUT2D eigenvalue weighted by atomic mass is 9.60. The number of ketones is 2. The van der Waals surface area contributed by atoms with Crippen LogP contribution in [-0.2, 0) is 22.6 Å². The van der Waals surface area contributed by atoms with Gasteiger partial charge in [-0.1, -0.05) is 27.7 Å². The minimum Gasteiger partial charge on any atom is -0.511 e. The molecule has 0 aliphatic heterocycles. The first kappa shape index (κ1) is 29.6. The van der Waals surface area contributed by atoms with Gasteiger partial charge in [0.1, 0.15) is 22.8 Å². The van der Waals surface area contributed by atoms with E-state index < -0.39 is 52.0 Å². The van der Waals surface area contributed by atoms with E-state index in [4.69, 9.17) is 5.73 Å². The zero-order valence-corrected chi connectivity index (χ0v) is 24.2. The fourth-order valence-electron chi connectivity index (χ4n) is 6.50.